The van der Waals surface area contributed by atoms with E-state index in [1.807, 2.05) is 53.3 Å². The van der Waals surface area contributed by atoms with Gasteiger partial charge in [-0.25, -0.2) is 0 Å². The van der Waals surface area contributed by atoms with Crippen LogP contribution in [-0.2, 0) is 29.1 Å². The van der Waals surface area contributed by atoms with Crippen LogP contribution in [0.2, 0.25) is 0 Å². The number of carbonyl (C=O) groups is 2. The summed E-state index contributed by atoms with van der Waals surface area (Å²) in [4.78, 5) is 38.2. The number of piperazine rings is 1. The molecule has 35 heavy (non-hydrogen) atoms. The number of hydrogen-bond donors (Lipinski definition) is 0. The molecule has 1 atom stereocenters. The maximum absolute atomic E-state index is 13.6. The summed E-state index contributed by atoms with van der Waals surface area (Å²) < 4.78 is 5.45. The minimum Gasteiger partial charge on any atom is -0.338 e. The fourth-order valence-electron chi connectivity index (χ4n) is 4.83. The van der Waals surface area contributed by atoms with Gasteiger partial charge in [0.2, 0.25) is 23.5 Å². The molecular weight excluding hydrogens is 462 g/mol. The van der Waals surface area contributed by atoms with Crippen molar-refractivity contribution >= 4 is 23.2 Å². The summed E-state index contributed by atoms with van der Waals surface area (Å²) in [6.45, 7) is 7.84. The zero-order valence-electron chi connectivity index (χ0n) is 20.2. The smallest absolute Gasteiger partial charge is 0.245 e. The Balaban J connectivity index is 1.22. The maximum Gasteiger partial charge on any atom is 0.245 e. The number of aromatic nitrogens is 2. The number of benzene rings is 1. The van der Waals surface area contributed by atoms with E-state index in [9.17, 15) is 9.59 Å². The van der Waals surface area contributed by atoms with Gasteiger partial charge in [0.25, 0.3) is 0 Å². The molecule has 1 fully saturated rings. The topological polar surface area (TPSA) is 82.8 Å². The predicted octanol–water partition coefficient (Wildman–Crippen LogP) is 3.44. The van der Waals surface area contributed by atoms with E-state index in [1.54, 1.807) is 11.3 Å². The lowest BCUT2D eigenvalue weighted by atomic mass is 9.92. The van der Waals surface area contributed by atoms with Gasteiger partial charge in [-0.3, -0.25) is 14.5 Å². The highest BCUT2D eigenvalue weighted by molar-refractivity contribution is 7.13. The molecule has 3 aromatic rings. The molecule has 8 nitrogen and oxygen atoms in total. The van der Waals surface area contributed by atoms with Crippen LogP contribution < -0.4 is 0 Å². The molecule has 1 aromatic carbocycles. The number of hydrogen-bond acceptors (Lipinski definition) is 7. The number of carbonyl (C=O) groups excluding carboxylic acids is 2. The Morgan fingerprint density at radius 2 is 1.86 bits per heavy atom. The first-order chi connectivity index (χ1) is 17.0. The summed E-state index contributed by atoms with van der Waals surface area (Å²) in [5.41, 5.74) is 2.30. The van der Waals surface area contributed by atoms with Gasteiger partial charge in [0.05, 0.1) is 11.4 Å². The van der Waals surface area contributed by atoms with Crippen molar-refractivity contribution in [2.45, 2.75) is 45.8 Å². The highest BCUT2D eigenvalue weighted by Crippen LogP contribution is 2.27. The predicted molar refractivity (Wildman–Crippen MR) is 133 cm³/mol. The van der Waals surface area contributed by atoms with Crippen molar-refractivity contribution in [1.29, 1.82) is 0 Å². The third-order valence-electron chi connectivity index (χ3n) is 6.69. The molecule has 1 unspecified atom stereocenters. The van der Waals surface area contributed by atoms with Gasteiger partial charge >= 0.3 is 0 Å². The molecule has 9 heteroatoms. The SMILES string of the molecule is CC(C)CC(=O)N1Cc2ccccc2CC1C(=O)N1CCN(Cc2nc(-c3cccs3)no2)CC1. The van der Waals surface area contributed by atoms with E-state index in [1.165, 1.54) is 0 Å². The lowest BCUT2D eigenvalue weighted by Crippen LogP contribution is -2.57. The molecule has 2 aromatic heterocycles. The van der Waals surface area contributed by atoms with Gasteiger partial charge in [0.1, 0.15) is 6.04 Å². The maximum atomic E-state index is 13.6. The van der Waals surface area contributed by atoms with E-state index in [0.29, 0.717) is 50.7 Å². The van der Waals surface area contributed by atoms with E-state index >= 15 is 0 Å². The highest BCUT2D eigenvalue weighted by Gasteiger charge is 2.37. The molecule has 0 aliphatic carbocycles. The summed E-state index contributed by atoms with van der Waals surface area (Å²) in [6.07, 6.45) is 1.03. The number of rotatable bonds is 6. The summed E-state index contributed by atoms with van der Waals surface area (Å²) >= 11 is 1.58. The van der Waals surface area contributed by atoms with Gasteiger partial charge in [-0.05, 0) is 28.5 Å². The van der Waals surface area contributed by atoms with Crippen LogP contribution in [0.15, 0.2) is 46.3 Å². The molecule has 1 saturated heterocycles. The Morgan fingerprint density at radius 1 is 1.09 bits per heavy atom. The average Bonchev–Trinajstić information content (AvgIpc) is 3.55. The molecule has 0 N–H and O–H groups in total. The monoisotopic (exact) mass is 493 g/mol. The Kier molecular flexibility index (Phi) is 6.97. The van der Waals surface area contributed by atoms with Crippen LogP contribution in [0.3, 0.4) is 0 Å². The van der Waals surface area contributed by atoms with Gasteiger partial charge in [0, 0.05) is 45.6 Å². The average molecular weight is 494 g/mol. The Labute approximate surface area is 209 Å². The second-order valence-corrected chi connectivity index (χ2v) is 10.6. The van der Waals surface area contributed by atoms with E-state index < -0.39 is 6.04 Å². The van der Waals surface area contributed by atoms with Crippen LogP contribution in [0.4, 0.5) is 0 Å². The van der Waals surface area contributed by atoms with Crippen molar-refractivity contribution < 1.29 is 14.1 Å². The van der Waals surface area contributed by atoms with Gasteiger partial charge < -0.3 is 14.3 Å². The Bertz CT molecular complexity index is 1170. The van der Waals surface area contributed by atoms with Crippen molar-refractivity contribution in [3.05, 3.63) is 58.8 Å². The van der Waals surface area contributed by atoms with Crippen molar-refractivity contribution in [2.75, 3.05) is 26.2 Å². The molecule has 0 radical (unpaired) electrons. The summed E-state index contributed by atoms with van der Waals surface area (Å²) in [6, 6.07) is 11.6. The molecular formula is C26H31N5O3S. The second kappa shape index (κ2) is 10.3. The molecule has 0 bridgehead atoms. The molecule has 2 aliphatic rings. The van der Waals surface area contributed by atoms with E-state index in [2.05, 4.69) is 27.2 Å². The van der Waals surface area contributed by atoms with Crippen molar-refractivity contribution in [1.82, 2.24) is 24.8 Å². The lowest BCUT2D eigenvalue weighted by molar-refractivity contribution is -0.148. The van der Waals surface area contributed by atoms with E-state index in [4.69, 9.17) is 4.52 Å². The first kappa shape index (κ1) is 23.7. The van der Waals surface area contributed by atoms with Gasteiger partial charge in [-0.15, -0.1) is 11.3 Å². The van der Waals surface area contributed by atoms with E-state index in [-0.39, 0.29) is 17.7 Å². The number of nitrogens with zero attached hydrogens (tertiary/aromatic N) is 5. The molecule has 2 aliphatic heterocycles. The molecule has 4 heterocycles. The number of fused-ring (bicyclic) bond motifs is 1. The number of amides is 2. The number of thiophene rings is 1. The summed E-state index contributed by atoms with van der Waals surface area (Å²) in [7, 11) is 0. The Morgan fingerprint density at radius 3 is 2.57 bits per heavy atom. The standard InChI is InChI=1S/C26H31N5O3S/c1-18(2)14-24(32)31-16-20-7-4-3-6-19(20)15-21(31)26(33)30-11-9-29(10-12-30)17-23-27-25(28-34-23)22-8-5-13-35-22/h3-8,13,18,21H,9-12,14-17H2,1-2H3. The molecule has 0 spiro atoms. The fourth-order valence-corrected chi connectivity index (χ4v) is 5.47. The van der Waals surface area contributed by atoms with Gasteiger partial charge in [0.15, 0.2) is 0 Å². The summed E-state index contributed by atoms with van der Waals surface area (Å²) in [5, 5.41) is 6.08. The van der Waals surface area contributed by atoms with Crippen LogP contribution in [0.25, 0.3) is 10.7 Å². The molecule has 5 rings (SSSR count). The minimum atomic E-state index is -0.438. The first-order valence-corrected chi connectivity index (χ1v) is 13.1. The molecule has 184 valence electrons. The zero-order valence-corrected chi connectivity index (χ0v) is 21.0. The highest BCUT2D eigenvalue weighted by atomic mass is 32.1. The van der Waals surface area contributed by atoms with Crippen molar-refractivity contribution in [2.24, 2.45) is 5.92 Å². The van der Waals surface area contributed by atoms with Crippen LogP contribution >= 0.6 is 11.3 Å². The first-order valence-electron chi connectivity index (χ1n) is 12.2. The van der Waals surface area contributed by atoms with Crippen LogP contribution in [-0.4, -0.2) is 68.9 Å². The van der Waals surface area contributed by atoms with Crippen LogP contribution in [0.5, 0.6) is 0 Å². The minimum absolute atomic E-state index is 0.0500. The second-order valence-electron chi connectivity index (χ2n) is 9.70. The lowest BCUT2D eigenvalue weighted by Gasteiger charge is -2.41. The fraction of sp³-hybridized carbons (Fsp3) is 0.462. The molecule has 2 amide bonds. The Hall–Kier alpha value is -3.04. The van der Waals surface area contributed by atoms with Crippen molar-refractivity contribution in [3.8, 4) is 10.7 Å². The normalized spacial score (nSPS) is 18.7. The largest absolute Gasteiger partial charge is 0.338 e. The van der Waals surface area contributed by atoms with Gasteiger partial charge in [-0.1, -0.05) is 49.3 Å². The van der Waals surface area contributed by atoms with Crippen LogP contribution in [0, 0.1) is 5.92 Å². The third kappa shape index (κ3) is 5.31. The van der Waals surface area contributed by atoms with E-state index in [0.717, 1.165) is 29.1 Å². The quantitative estimate of drug-likeness (QED) is 0.523. The third-order valence-corrected chi connectivity index (χ3v) is 7.56. The van der Waals surface area contributed by atoms with Crippen LogP contribution in [0.1, 0.15) is 37.3 Å². The van der Waals surface area contributed by atoms with Gasteiger partial charge in [-0.2, -0.15) is 4.98 Å². The summed E-state index contributed by atoms with van der Waals surface area (Å²) in [5.74, 6) is 1.57. The zero-order chi connectivity index (χ0) is 24.4. The van der Waals surface area contributed by atoms with Crippen molar-refractivity contribution in [3.63, 3.8) is 0 Å². The molecule has 0 saturated carbocycles.